The number of nitrogens with one attached hydrogen (secondary N) is 1. The summed E-state index contributed by atoms with van der Waals surface area (Å²) in [6.07, 6.45) is 1.58. The zero-order valence-corrected chi connectivity index (χ0v) is 16.6. The van der Waals surface area contributed by atoms with Gasteiger partial charge in [0.15, 0.2) is 0 Å². The number of rotatable bonds is 7. The van der Waals surface area contributed by atoms with Gasteiger partial charge in [-0.2, -0.15) is 0 Å². The molecule has 1 unspecified atom stereocenters. The fraction of sp³-hybridized carbons (Fsp3) is 0.353. The van der Waals surface area contributed by atoms with Gasteiger partial charge in [0.25, 0.3) is 0 Å². The first-order chi connectivity index (χ1) is 12.1. The minimum Gasteiger partial charge on any atom is -0.468 e. The van der Waals surface area contributed by atoms with Crippen molar-refractivity contribution in [1.82, 2.24) is 9.21 Å². The Balaban J connectivity index is 2.13. The van der Waals surface area contributed by atoms with Gasteiger partial charge in [-0.05, 0) is 44.3 Å². The van der Waals surface area contributed by atoms with E-state index in [0.717, 1.165) is 10.1 Å². The molecule has 0 bridgehead atoms. The number of nitrogens with zero attached hydrogens (tertiary/aromatic N) is 2. The molecule has 1 N–H and O–H groups in total. The van der Waals surface area contributed by atoms with Gasteiger partial charge in [0.2, 0.25) is 15.9 Å². The van der Waals surface area contributed by atoms with Crippen molar-refractivity contribution in [2.24, 2.45) is 0 Å². The molecular formula is C17H22ClN3O4S. The molecule has 7 nitrogen and oxygen atoms in total. The number of likely N-dealkylation sites (N-methyl/N-ethyl adjacent to an activating group) is 1. The fourth-order valence-corrected chi connectivity index (χ4v) is 3.60. The summed E-state index contributed by atoms with van der Waals surface area (Å²) in [4.78, 5) is 14.3. The molecule has 1 amide bonds. The highest BCUT2D eigenvalue weighted by atomic mass is 35.5. The molecule has 1 aromatic carbocycles. The van der Waals surface area contributed by atoms with E-state index in [1.807, 2.05) is 11.0 Å². The van der Waals surface area contributed by atoms with Crippen LogP contribution in [0.5, 0.6) is 0 Å². The van der Waals surface area contributed by atoms with Crippen LogP contribution in [0.1, 0.15) is 12.7 Å². The lowest BCUT2D eigenvalue weighted by atomic mass is 10.2. The van der Waals surface area contributed by atoms with Crippen LogP contribution in [0.4, 0.5) is 5.69 Å². The molecule has 0 spiro atoms. The van der Waals surface area contributed by atoms with Crippen molar-refractivity contribution in [3.63, 3.8) is 0 Å². The van der Waals surface area contributed by atoms with Gasteiger partial charge in [-0.1, -0.05) is 11.6 Å². The molecule has 2 rings (SSSR count). The molecule has 142 valence electrons. The molecular weight excluding hydrogens is 378 g/mol. The van der Waals surface area contributed by atoms with Crippen molar-refractivity contribution in [3.8, 4) is 0 Å². The molecule has 0 fully saturated rings. The third-order valence-electron chi connectivity index (χ3n) is 3.98. The average molecular weight is 400 g/mol. The van der Waals surface area contributed by atoms with E-state index < -0.39 is 16.1 Å². The highest BCUT2D eigenvalue weighted by Crippen LogP contribution is 2.27. The molecule has 1 aromatic heterocycles. The third kappa shape index (κ3) is 4.64. The number of furan rings is 1. The average Bonchev–Trinajstić information content (AvgIpc) is 3.08. The van der Waals surface area contributed by atoms with Gasteiger partial charge in [0, 0.05) is 19.8 Å². The van der Waals surface area contributed by atoms with Gasteiger partial charge >= 0.3 is 0 Å². The third-order valence-corrected chi connectivity index (χ3v) is 6.28. The number of hydrogen-bond donors (Lipinski definition) is 1. The molecule has 1 heterocycles. The Hall–Kier alpha value is -1.87. The van der Waals surface area contributed by atoms with Crippen molar-refractivity contribution < 1.29 is 17.6 Å². The molecule has 26 heavy (non-hydrogen) atoms. The standard InChI is InChI=1S/C17H22ClN3O4S/c1-12(21(4)11-14-6-5-9-25-14)17(22)19-13-7-8-15(18)16(10-13)26(23,24)20(2)3/h5-10,12H,11H2,1-4H3,(H,19,22). The van der Waals surface area contributed by atoms with E-state index in [-0.39, 0.29) is 15.8 Å². The van der Waals surface area contributed by atoms with Crippen molar-refractivity contribution in [3.05, 3.63) is 47.4 Å². The Morgan fingerprint density at radius 1 is 1.27 bits per heavy atom. The van der Waals surface area contributed by atoms with Crippen LogP contribution in [0.2, 0.25) is 5.02 Å². The number of carbonyl (C=O) groups is 1. The number of benzene rings is 1. The van der Waals surface area contributed by atoms with E-state index >= 15 is 0 Å². The highest BCUT2D eigenvalue weighted by Gasteiger charge is 2.23. The largest absolute Gasteiger partial charge is 0.468 e. The molecule has 1 atom stereocenters. The van der Waals surface area contributed by atoms with Crippen LogP contribution in [0, 0.1) is 0 Å². The summed E-state index contributed by atoms with van der Waals surface area (Å²) in [6, 6.07) is 7.53. The minimum absolute atomic E-state index is 0.0569. The normalized spacial score (nSPS) is 13.2. The van der Waals surface area contributed by atoms with Gasteiger partial charge < -0.3 is 9.73 Å². The van der Waals surface area contributed by atoms with E-state index in [1.54, 1.807) is 32.4 Å². The Bertz CT molecular complexity index is 866. The van der Waals surface area contributed by atoms with E-state index in [1.165, 1.54) is 26.2 Å². The summed E-state index contributed by atoms with van der Waals surface area (Å²) in [5.41, 5.74) is 0.359. The zero-order valence-electron chi connectivity index (χ0n) is 15.1. The number of carbonyl (C=O) groups excluding carboxylic acids is 1. The maximum Gasteiger partial charge on any atom is 0.244 e. The molecule has 2 aromatic rings. The van der Waals surface area contributed by atoms with Crippen LogP contribution in [0.25, 0.3) is 0 Å². The first-order valence-electron chi connectivity index (χ1n) is 7.88. The maximum absolute atomic E-state index is 12.5. The monoisotopic (exact) mass is 399 g/mol. The Morgan fingerprint density at radius 3 is 2.54 bits per heavy atom. The molecule has 0 saturated heterocycles. The SMILES string of the molecule is CC(C(=O)Nc1ccc(Cl)c(S(=O)(=O)N(C)C)c1)N(C)Cc1ccco1. The molecule has 0 aliphatic carbocycles. The van der Waals surface area contributed by atoms with Gasteiger partial charge in [-0.3, -0.25) is 9.69 Å². The summed E-state index contributed by atoms with van der Waals surface area (Å²) < 4.78 is 31.0. The summed E-state index contributed by atoms with van der Waals surface area (Å²) >= 11 is 6.02. The first kappa shape index (κ1) is 20.4. The lowest BCUT2D eigenvalue weighted by molar-refractivity contribution is -0.120. The van der Waals surface area contributed by atoms with Gasteiger partial charge in [0.1, 0.15) is 10.7 Å². The summed E-state index contributed by atoms with van der Waals surface area (Å²) in [5, 5.41) is 2.82. The topological polar surface area (TPSA) is 82.9 Å². The molecule has 0 saturated carbocycles. The minimum atomic E-state index is -3.71. The van der Waals surface area contributed by atoms with E-state index in [2.05, 4.69) is 5.32 Å². The quantitative estimate of drug-likeness (QED) is 0.773. The van der Waals surface area contributed by atoms with Crippen LogP contribution >= 0.6 is 11.6 Å². The number of sulfonamides is 1. The smallest absolute Gasteiger partial charge is 0.244 e. The van der Waals surface area contributed by atoms with Crippen LogP contribution in [-0.4, -0.2) is 50.7 Å². The summed E-state index contributed by atoms with van der Waals surface area (Å²) in [6.45, 7) is 2.23. The summed E-state index contributed by atoms with van der Waals surface area (Å²) in [7, 11) is 0.931. The second kappa shape index (κ2) is 8.22. The lowest BCUT2D eigenvalue weighted by Gasteiger charge is -2.23. The van der Waals surface area contributed by atoms with Crippen molar-refractivity contribution >= 4 is 33.2 Å². The van der Waals surface area contributed by atoms with Crippen LogP contribution in [-0.2, 0) is 21.4 Å². The summed E-state index contributed by atoms with van der Waals surface area (Å²) in [5.74, 6) is 0.479. The Labute approximate surface area is 158 Å². The first-order valence-corrected chi connectivity index (χ1v) is 9.70. The number of anilines is 1. The predicted molar refractivity (Wildman–Crippen MR) is 101 cm³/mol. The molecule has 0 radical (unpaired) electrons. The van der Waals surface area contributed by atoms with Gasteiger partial charge in [0.05, 0.1) is 23.9 Å². The Morgan fingerprint density at radius 2 is 1.96 bits per heavy atom. The highest BCUT2D eigenvalue weighted by molar-refractivity contribution is 7.89. The van der Waals surface area contributed by atoms with Crippen molar-refractivity contribution in [2.45, 2.75) is 24.4 Å². The second-order valence-electron chi connectivity index (χ2n) is 6.09. The molecule has 9 heteroatoms. The zero-order chi connectivity index (χ0) is 19.5. The maximum atomic E-state index is 12.5. The predicted octanol–water partition coefficient (Wildman–Crippen LogP) is 2.64. The number of amides is 1. The molecule has 0 aliphatic heterocycles. The van der Waals surface area contributed by atoms with Crippen LogP contribution in [0.15, 0.2) is 45.9 Å². The van der Waals surface area contributed by atoms with E-state index in [9.17, 15) is 13.2 Å². The van der Waals surface area contributed by atoms with E-state index in [4.69, 9.17) is 16.0 Å². The number of hydrogen-bond acceptors (Lipinski definition) is 5. The molecule has 0 aliphatic rings. The van der Waals surface area contributed by atoms with E-state index in [0.29, 0.717) is 12.2 Å². The van der Waals surface area contributed by atoms with Crippen molar-refractivity contribution in [1.29, 1.82) is 0 Å². The Kier molecular flexibility index (Phi) is 6.46. The van der Waals surface area contributed by atoms with Crippen LogP contribution in [0.3, 0.4) is 0 Å². The van der Waals surface area contributed by atoms with Crippen LogP contribution < -0.4 is 5.32 Å². The van der Waals surface area contributed by atoms with Gasteiger partial charge in [-0.25, -0.2) is 12.7 Å². The fourth-order valence-electron chi connectivity index (χ4n) is 2.21. The number of halogens is 1. The van der Waals surface area contributed by atoms with Crippen molar-refractivity contribution in [2.75, 3.05) is 26.5 Å². The lowest BCUT2D eigenvalue weighted by Crippen LogP contribution is -2.39. The second-order valence-corrected chi connectivity index (χ2v) is 8.62. The van der Waals surface area contributed by atoms with Gasteiger partial charge in [-0.15, -0.1) is 0 Å².